The lowest BCUT2D eigenvalue weighted by atomic mass is 9.89. The van der Waals surface area contributed by atoms with Gasteiger partial charge >= 0.3 is 0 Å². The van der Waals surface area contributed by atoms with Gasteiger partial charge in [0, 0.05) is 12.6 Å². The second-order valence-electron chi connectivity index (χ2n) is 5.78. The monoisotopic (exact) mass is 279 g/mol. The fourth-order valence-corrected chi connectivity index (χ4v) is 3.12. The van der Waals surface area contributed by atoms with E-state index in [4.69, 9.17) is 0 Å². The molecule has 1 heterocycles. The maximum atomic E-state index is 12.5. The highest BCUT2D eigenvalue weighted by atomic mass is 16.2. The Balaban J connectivity index is 1.91. The minimum atomic E-state index is 0.125. The zero-order chi connectivity index (χ0) is 14.8. The van der Waals surface area contributed by atoms with E-state index < -0.39 is 0 Å². The zero-order valence-electron chi connectivity index (χ0n) is 12.7. The molecule has 2 heteroatoms. The Labute approximate surface area is 126 Å². The van der Waals surface area contributed by atoms with Gasteiger partial charge in [-0.1, -0.05) is 55.8 Å². The number of likely N-dealkylation sites (N-methyl/N-ethyl adjacent to an activating group) is 1. The quantitative estimate of drug-likeness (QED) is 0.831. The lowest BCUT2D eigenvalue weighted by Gasteiger charge is -2.34. The first-order chi connectivity index (χ1) is 10.2. The van der Waals surface area contributed by atoms with E-state index >= 15 is 0 Å². The molecule has 1 unspecified atom stereocenters. The van der Waals surface area contributed by atoms with E-state index in [0.29, 0.717) is 0 Å². The molecular formula is C19H21NO. The van der Waals surface area contributed by atoms with Crippen LogP contribution in [-0.4, -0.2) is 17.9 Å². The molecule has 1 aliphatic heterocycles. The Bertz CT molecular complexity index is 645. The molecule has 0 fully saturated rings. The lowest BCUT2D eigenvalue weighted by molar-refractivity contribution is 0.0705. The summed E-state index contributed by atoms with van der Waals surface area (Å²) >= 11 is 0. The van der Waals surface area contributed by atoms with Crippen molar-refractivity contribution in [2.24, 2.45) is 0 Å². The summed E-state index contributed by atoms with van der Waals surface area (Å²) in [4.78, 5) is 14.4. The second kappa shape index (κ2) is 5.72. The van der Waals surface area contributed by atoms with E-state index in [9.17, 15) is 4.79 Å². The molecule has 3 rings (SSSR count). The largest absolute Gasteiger partial charge is 0.334 e. The molecule has 0 aromatic heterocycles. The standard InChI is InChI=1S/C19H21NO/c1-3-6-14-9-11-15(12-10-14)18-13-16-7-4-5-8-17(16)19(21)20(18)2/h4-5,7-12,18H,3,6,13H2,1-2H3. The van der Waals surface area contributed by atoms with E-state index in [1.165, 1.54) is 11.1 Å². The molecule has 2 nitrogen and oxygen atoms in total. The van der Waals surface area contributed by atoms with Gasteiger partial charge in [-0.2, -0.15) is 0 Å². The molecule has 0 N–H and O–H groups in total. The maximum absolute atomic E-state index is 12.5. The fraction of sp³-hybridized carbons (Fsp3) is 0.316. The highest BCUT2D eigenvalue weighted by Gasteiger charge is 2.30. The smallest absolute Gasteiger partial charge is 0.254 e. The van der Waals surface area contributed by atoms with Gasteiger partial charge in [0.15, 0.2) is 0 Å². The van der Waals surface area contributed by atoms with Gasteiger partial charge in [0.2, 0.25) is 0 Å². The van der Waals surface area contributed by atoms with Gasteiger partial charge in [0.1, 0.15) is 0 Å². The van der Waals surface area contributed by atoms with Crippen LogP contribution in [0.4, 0.5) is 0 Å². The lowest BCUT2D eigenvalue weighted by Crippen LogP contribution is -2.37. The zero-order valence-corrected chi connectivity index (χ0v) is 12.7. The van der Waals surface area contributed by atoms with Crippen molar-refractivity contribution in [3.05, 3.63) is 70.8 Å². The number of aryl methyl sites for hydroxylation is 1. The van der Waals surface area contributed by atoms with Crippen LogP contribution in [0.2, 0.25) is 0 Å². The van der Waals surface area contributed by atoms with E-state index in [1.807, 2.05) is 30.1 Å². The topological polar surface area (TPSA) is 20.3 Å². The predicted molar refractivity (Wildman–Crippen MR) is 85.4 cm³/mol. The van der Waals surface area contributed by atoms with Crippen LogP contribution in [0.25, 0.3) is 0 Å². The summed E-state index contributed by atoms with van der Waals surface area (Å²) in [5.74, 6) is 0.125. The summed E-state index contributed by atoms with van der Waals surface area (Å²) in [6.07, 6.45) is 3.17. The number of nitrogens with zero attached hydrogens (tertiary/aromatic N) is 1. The van der Waals surface area contributed by atoms with Gasteiger partial charge in [-0.3, -0.25) is 4.79 Å². The minimum absolute atomic E-state index is 0.125. The Morgan fingerprint density at radius 3 is 2.52 bits per heavy atom. The fourth-order valence-electron chi connectivity index (χ4n) is 3.12. The molecule has 2 aromatic rings. The third-order valence-corrected chi connectivity index (χ3v) is 4.35. The highest BCUT2D eigenvalue weighted by molar-refractivity contribution is 5.97. The summed E-state index contributed by atoms with van der Waals surface area (Å²) in [5.41, 5.74) is 4.59. The number of carbonyl (C=O) groups excluding carboxylic acids is 1. The van der Waals surface area contributed by atoms with Crippen molar-refractivity contribution in [1.29, 1.82) is 0 Å². The van der Waals surface area contributed by atoms with Crippen molar-refractivity contribution in [3.63, 3.8) is 0 Å². The van der Waals surface area contributed by atoms with Crippen LogP contribution in [0.5, 0.6) is 0 Å². The molecule has 21 heavy (non-hydrogen) atoms. The first-order valence-corrected chi connectivity index (χ1v) is 7.64. The molecule has 2 aromatic carbocycles. The molecule has 0 saturated heterocycles. The number of amides is 1. The number of fused-ring (bicyclic) bond motifs is 1. The van der Waals surface area contributed by atoms with Gasteiger partial charge < -0.3 is 4.90 Å². The van der Waals surface area contributed by atoms with Crippen LogP contribution in [0.15, 0.2) is 48.5 Å². The first kappa shape index (κ1) is 13.9. The van der Waals surface area contributed by atoms with E-state index in [0.717, 1.165) is 30.4 Å². The molecule has 0 aliphatic carbocycles. The molecule has 1 aliphatic rings. The molecule has 0 bridgehead atoms. The predicted octanol–water partition coefficient (Wildman–Crippen LogP) is 4.01. The molecule has 1 amide bonds. The summed E-state index contributed by atoms with van der Waals surface area (Å²) in [6.45, 7) is 2.19. The van der Waals surface area contributed by atoms with Crippen molar-refractivity contribution in [1.82, 2.24) is 4.90 Å². The summed E-state index contributed by atoms with van der Waals surface area (Å²) < 4.78 is 0. The summed E-state index contributed by atoms with van der Waals surface area (Å²) in [6, 6.07) is 16.8. The van der Waals surface area contributed by atoms with Gasteiger partial charge in [-0.05, 0) is 35.6 Å². The molecule has 0 saturated carbocycles. The minimum Gasteiger partial charge on any atom is -0.334 e. The average Bonchev–Trinajstić information content (AvgIpc) is 2.52. The molecule has 0 spiro atoms. The van der Waals surface area contributed by atoms with Crippen molar-refractivity contribution in [2.45, 2.75) is 32.2 Å². The van der Waals surface area contributed by atoms with Crippen molar-refractivity contribution in [2.75, 3.05) is 7.05 Å². The van der Waals surface area contributed by atoms with Gasteiger partial charge in [-0.15, -0.1) is 0 Å². The van der Waals surface area contributed by atoms with E-state index in [2.05, 4.69) is 37.3 Å². The number of benzene rings is 2. The third kappa shape index (κ3) is 2.58. The average molecular weight is 279 g/mol. The maximum Gasteiger partial charge on any atom is 0.254 e. The van der Waals surface area contributed by atoms with Gasteiger partial charge in [-0.25, -0.2) is 0 Å². The van der Waals surface area contributed by atoms with Crippen molar-refractivity contribution in [3.8, 4) is 0 Å². The Kier molecular flexibility index (Phi) is 3.78. The van der Waals surface area contributed by atoms with Crippen LogP contribution >= 0.6 is 0 Å². The van der Waals surface area contributed by atoms with Gasteiger partial charge in [0.25, 0.3) is 5.91 Å². The van der Waals surface area contributed by atoms with Crippen LogP contribution in [0.3, 0.4) is 0 Å². The van der Waals surface area contributed by atoms with Crippen molar-refractivity contribution >= 4 is 5.91 Å². The molecular weight excluding hydrogens is 258 g/mol. The first-order valence-electron chi connectivity index (χ1n) is 7.64. The summed E-state index contributed by atoms with van der Waals surface area (Å²) in [5, 5.41) is 0. The van der Waals surface area contributed by atoms with Crippen LogP contribution in [0, 0.1) is 0 Å². The molecule has 1 atom stereocenters. The van der Waals surface area contributed by atoms with Crippen LogP contribution in [-0.2, 0) is 12.8 Å². The number of rotatable bonds is 3. The normalized spacial score (nSPS) is 17.7. The SMILES string of the molecule is CCCc1ccc(C2Cc3ccccc3C(=O)N2C)cc1. The number of carbonyl (C=O) groups is 1. The number of hydrogen-bond acceptors (Lipinski definition) is 1. The second-order valence-corrected chi connectivity index (χ2v) is 5.78. The summed E-state index contributed by atoms with van der Waals surface area (Å²) in [7, 11) is 1.91. The van der Waals surface area contributed by atoms with Gasteiger partial charge in [0.05, 0.1) is 6.04 Å². The van der Waals surface area contributed by atoms with Crippen LogP contribution < -0.4 is 0 Å². The highest BCUT2D eigenvalue weighted by Crippen LogP contribution is 2.32. The number of hydrogen-bond donors (Lipinski definition) is 0. The van der Waals surface area contributed by atoms with Crippen molar-refractivity contribution < 1.29 is 4.79 Å². The Morgan fingerprint density at radius 1 is 1.10 bits per heavy atom. The Morgan fingerprint density at radius 2 is 1.81 bits per heavy atom. The third-order valence-electron chi connectivity index (χ3n) is 4.35. The molecule has 0 radical (unpaired) electrons. The molecule has 108 valence electrons. The Hall–Kier alpha value is -2.09. The van der Waals surface area contributed by atoms with Crippen LogP contribution in [0.1, 0.15) is 46.4 Å². The van der Waals surface area contributed by atoms with E-state index in [1.54, 1.807) is 0 Å². The van der Waals surface area contributed by atoms with E-state index in [-0.39, 0.29) is 11.9 Å².